The van der Waals surface area contributed by atoms with Crippen LogP contribution in [0, 0.1) is 6.92 Å². The smallest absolute Gasteiger partial charge is 0.257 e. The van der Waals surface area contributed by atoms with Gasteiger partial charge >= 0.3 is 0 Å². The number of hydrogen-bond donors (Lipinski definition) is 1. The van der Waals surface area contributed by atoms with E-state index in [-0.39, 0.29) is 23.5 Å². The molecule has 0 radical (unpaired) electrons. The largest absolute Gasteiger partial charge is 0.484 e. The number of nitrogens with one attached hydrogen (secondary N) is 1. The molecule has 0 atom stereocenters. The summed E-state index contributed by atoms with van der Waals surface area (Å²) in [6, 6.07) is 4.57. The molecule has 0 aliphatic carbocycles. The summed E-state index contributed by atoms with van der Waals surface area (Å²) >= 11 is 0. The fourth-order valence-electron chi connectivity index (χ4n) is 1.97. The molecule has 1 aromatic carbocycles. The molecule has 8 heteroatoms. The van der Waals surface area contributed by atoms with E-state index in [1.54, 1.807) is 13.0 Å². The minimum absolute atomic E-state index is 0.119. The molecule has 1 rings (SSSR count). The van der Waals surface area contributed by atoms with Gasteiger partial charge in [-0.15, -0.1) is 0 Å². The van der Waals surface area contributed by atoms with E-state index in [0.717, 1.165) is 10.7 Å². The first-order chi connectivity index (χ1) is 11.6. The van der Waals surface area contributed by atoms with Gasteiger partial charge in [-0.2, -0.15) is 0 Å². The van der Waals surface area contributed by atoms with Gasteiger partial charge < -0.3 is 14.8 Å². The van der Waals surface area contributed by atoms with Crippen molar-refractivity contribution in [2.75, 3.05) is 33.9 Å². The summed E-state index contributed by atoms with van der Waals surface area (Å²) in [5, 5.41) is 2.75. The second-order valence-electron chi connectivity index (χ2n) is 6.13. The molecule has 0 spiro atoms. The Labute approximate surface area is 150 Å². The van der Waals surface area contributed by atoms with E-state index in [1.165, 1.54) is 26.2 Å². The van der Waals surface area contributed by atoms with Crippen molar-refractivity contribution in [2.45, 2.75) is 38.2 Å². The lowest BCUT2D eigenvalue weighted by Crippen LogP contribution is -2.30. The number of rotatable bonds is 10. The fraction of sp³-hybridized carbons (Fsp3) is 0.588. The minimum Gasteiger partial charge on any atom is -0.484 e. The summed E-state index contributed by atoms with van der Waals surface area (Å²) < 4.78 is 36.2. The third kappa shape index (κ3) is 7.01. The molecule has 25 heavy (non-hydrogen) atoms. The Hall–Kier alpha value is -1.64. The number of aryl methyl sites for hydroxylation is 1. The van der Waals surface area contributed by atoms with Gasteiger partial charge in [0.25, 0.3) is 5.91 Å². The van der Waals surface area contributed by atoms with Crippen LogP contribution in [0.4, 0.5) is 0 Å². The van der Waals surface area contributed by atoms with E-state index in [9.17, 15) is 13.2 Å². The molecule has 7 nitrogen and oxygen atoms in total. The van der Waals surface area contributed by atoms with Gasteiger partial charge in [-0.1, -0.05) is 0 Å². The van der Waals surface area contributed by atoms with E-state index in [2.05, 4.69) is 5.32 Å². The standard InChI is InChI=1S/C17H28N2O5S/c1-13(2)23-10-6-9-18-17(20)12-24-16-8-7-15(11-14(16)3)25(21,22)19(4)5/h7-8,11,13H,6,9-10,12H2,1-5H3,(H,18,20). The lowest BCUT2D eigenvalue weighted by molar-refractivity contribution is -0.123. The van der Waals surface area contributed by atoms with Gasteiger partial charge in [-0.3, -0.25) is 4.79 Å². The zero-order valence-corrected chi connectivity index (χ0v) is 16.4. The molecule has 0 saturated heterocycles. The van der Waals surface area contributed by atoms with Crippen molar-refractivity contribution in [3.05, 3.63) is 23.8 Å². The number of carbonyl (C=O) groups is 1. The Morgan fingerprint density at radius 3 is 2.52 bits per heavy atom. The molecular formula is C17H28N2O5S. The summed E-state index contributed by atoms with van der Waals surface area (Å²) in [7, 11) is -0.529. The van der Waals surface area contributed by atoms with Gasteiger partial charge in [0, 0.05) is 27.2 Å². The van der Waals surface area contributed by atoms with Crippen LogP contribution in [-0.2, 0) is 19.6 Å². The molecular weight excluding hydrogens is 344 g/mol. The molecule has 1 N–H and O–H groups in total. The van der Waals surface area contributed by atoms with Gasteiger partial charge in [-0.25, -0.2) is 12.7 Å². The first kappa shape index (κ1) is 21.4. The predicted molar refractivity (Wildman–Crippen MR) is 96.3 cm³/mol. The maximum atomic E-state index is 12.1. The minimum atomic E-state index is -3.48. The molecule has 0 heterocycles. The van der Waals surface area contributed by atoms with Gasteiger partial charge in [0.15, 0.2) is 6.61 Å². The lowest BCUT2D eigenvalue weighted by atomic mass is 10.2. The number of ether oxygens (including phenoxy) is 2. The predicted octanol–water partition coefficient (Wildman–Crippen LogP) is 1.56. The number of carbonyl (C=O) groups excluding carboxylic acids is 1. The van der Waals surface area contributed by atoms with Crippen LogP contribution in [0.15, 0.2) is 23.1 Å². The molecule has 1 amide bonds. The van der Waals surface area contributed by atoms with E-state index in [1.807, 2.05) is 13.8 Å². The highest BCUT2D eigenvalue weighted by Gasteiger charge is 2.18. The van der Waals surface area contributed by atoms with E-state index in [4.69, 9.17) is 9.47 Å². The maximum Gasteiger partial charge on any atom is 0.257 e. The second kappa shape index (κ2) is 9.74. The summed E-state index contributed by atoms with van der Waals surface area (Å²) in [6.07, 6.45) is 0.918. The summed E-state index contributed by atoms with van der Waals surface area (Å²) in [5.74, 6) is 0.255. The first-order valence-electron chi connectivity index (χ1n) is 8.19. The van der Waals surface area contributed by atoms with E-state index >= 15 is 0 Å². The number of sulfonamides is 1. The average Bonchev–Trinajstić information content (AvgIpc) is 2.52. The summed E-state index contributed by atoms with van der Waals surface area (Å²) in [4.78, 5) is 12.0. The van der Waals surface area contributed by atoms with Crippen molar-refractivity contribution >= 4 is 15.9 Å². The molecule has 0 fully saturated rings. The molecule has 0 aromatic heterocycles. The normalized spacial score (nSPS) is 11.8. The van der Waals surface area contributed by atoms with Gasteiger partial charge in [-0.05, 0) is 51.0 Å². The van der Waals surface area contributed by atoms with Crippen molar-refractivity contribution in [3.8, 4) is 5.75 Å². The highest BCUT2D eigenvalue weighted by atomic mass is 32.2. The molecule has 0 aliphatic heterocycles. The first-order valence-corrected chi connectivity index (χ1v) is 9.63. The Balaban J connectivity index is 2.49. The van der Waals surface area contributed by atoms with Crippen molar-refractivity contribution in [3.63, 3.8) is 0 Å². The highest BCUT2D eigenvalue weighted by Crippen LogP contribution is 2.23. The molecule has 0 unspecified atom stereocenters. The van der Waals surface area contributed by atoms with Crippen LogP contribution < -0.4 is 10.1 Å². The lowest BCUT2D eigenvalue weighted by Gasteiger charge is -2.14. The molecule has 0 saturated carbocycles. The van der Waals surface area contributed by atoms with Gasteiger partial charge in [0.2, 0.25) is 10.0 Å². The van der Waals surface area contributed by atoms with Crippen LogP contribution in [-0.4, -0.2) is 58.6 Å². The van der Waals surface area contributed by atoms with Crippen LogP contribution in [0.2, 0.25) is 0 Å². The van der Waals surface area contributed by atoms with Crippen LogP contribution in [0.1, 0.15) is 25.8 Å². The SMILES string of the molecule is Cc1cc(S(=O)(=O)N(C)C)ccc1OCC(=O)NCCCOC(C)C. The van der Waals surface area contributed by atoms with Crippen LogP contribution in [0.25, 0.3) is 0 Å². The molecule has 142 valence electrons. The van der Waals surface area contributed by atoms with Crippen LogP contribution >= 0.6 is 0 Å². The quantitative estimate of drug-likeness (QED) is 0.630. The summed E-state index contributed by atoms with van der Waals surface area (Å²) in [5.41, 5.74) is 0.654. The molecule has 0 bridgehead atoms. The van der Waals surface area contributed by atoms with Crippen molar-refractivity contribution in [1.29, 1.82) is 0 Å². The van der Waals surface area contributed by atoms with Crippen LogP contribution in [0.5, 0.6) is 5.75 Å². The molecule has 1 aromatic rings. The third-order valence-corrected chi connectivity index (χ3v) is 5.19. The molecule has 0 aliphatic rings. The Morgan fingerprint density at radius 1 is 1.28 bits per heavy atom. The second-order valence-corrected chi connectivity index (χ2v) is 8.28. The van der Waals surface area contributed by atoms with Crippen molar-refractivity contribution in [2.24, 2.45) is 0 Å². The fourth-order valence-corrected chi connectivity index (χ4v) is 2.96. The van der Waals surface area contributed by atoms with Gasteiger partial charge in [0.1, 0.15) is 5.75 Å². The summed E-state index contributed by atoms with van der Waals surface area (Å²) in [6.45, 7) is 6.66. The van der Waals surface area contributed by atoms with Crippen molar-refractivity contribution in [1.82, 2.24) is 9.62 Å². The Kier molecular flexibility index (Phi) is 8.34. The number of nitrogens with zero attached hydrogens (tertiary/aromatic N) is 1. The topological polar surface area (TPSA) is 84.9 Å². The average molecular weight is 372 g/mol. The highest BCUT2D eigenvalue weighted by molar-refractivity contribution is 7.89. The zero-order chi connectivity index (χ0) is 19.0. The Morgan fingerprint density at radius 2 is 1.96 bits per heavy atom. The zero-order valence-electron chi connectivity index (χ0n) is 15.5. The van der Waals surface area contributed by atoms with Crippen molar-refractivity contribution < 1.29 is 22.7 Å². The maximum absolute atomic E-state index is 12.1. The Bertz CT molecular complexity index is 672. The van der Waals surface area contributed by atoms with Gasteiger partial charge in [0.05, 0.1) is 11.0 Å². The number of amides is 1. The monoisotopic (exact) mass is 372 g/mol. The number of hydrogen-bond acceptors (Lipinski definition) is 5. The van der Waals surface area contributed by atoms with E-state index in [0.29, 0.717) is 24.5 Å². The van der Waals surface area contributed by atoms with E-state index < -0.39 is 10.0 Å². The third-order valence-electron chi connectivity index (χ3n) is 3.38. The number of benzene rings is 1. The van der Waals surface area contributed by atoms with Crippen LogP contribution in [0.3, 0.4) is 0 Å².